The lowest BCUT2D eigenvalue weighted by Gasteiger charge is -2.15. The van der Waals surface area contributed by atoms with Crippen molar-refractivity contribution in [1.82, 2.24) is 15.2 Å². The van der Waals surface area contributed by atoms with Crippen molar-refractivity contribution >= 4 is 11.8 Å². The number of rotatable bonds is 5. The van der Waals surface area contributed by atoms with Crippen LogP contribution in [0.5, 0.6) is 0 Å². The van der Waals surface area contributed by atoms with Gasteiger partial charge >= 0.3 is 0 Å². The van der Waals surface area contributed by atoms with Crippen molar-refractivity contribution in [2.24, 2.45) is 5.92 Å². The van der Waals surface area contributed by atoms with Gasteiger partial charge in [0, 0.05) is 26.6 Å². The molecule has 0 saturated carbocycles. The fraction of sp³-hybridized carbons (Fsp3) is 0.421. The molecule has 0 aliphatic carbocycles. The highest BCUT2D eigenvalue weighted by atomic mass is 16.4. The predicted octanol–water partition coefficient (Wildman–Crippen LogP) is 2.11. The SMILES string of the molecule is Cc1nc(C)c(C(=O)N2CCC(C(=O)NCCc3ccccc3)C2)o1. The lowest BCUT2D eigenvalue weighted by molar-refractivity contribution is -0.124. The topological polar surface area (TPSA) is 75.4 Å². The molecular weight excluding hydrogens is 318 g/mol. The minimum absolute atomic E-state index is 0.0108. The van der Waals surface area contributed by atoms with Crippen molar-refractivity contribution in [1.29, 1.82) is 0 Å². The number of nitrogens with one attached hydrogen (secondary N) is 1. The predicted molar refractivity (Wildman–Crippen MR) is 93.1 cm³/mol. The van der Waals surface area contributed by atoms with Crippen LogP contribution in [0.1, 0.15) is 34.1 Å². The molecule has 1 aromatic heterocycles. The minimum Gasteiger partial charge on any atom is -0.436 e. The zero-order valence-corrected chi connectivity index (χ0v) is 14.6. The first-order valence-electron chi connectivity index (χ1n) is 8.59. The molecule has 0 bridgehead atoms. The van der Waals surface area contributed by atoms with E-state index < -0.39 is 0 Å². The molecule has 1 aliphatic heterocycles. The molecule has 1 aromatic carbocycles. The lowest BCUT2D eigenvalue weighted by atomic mass is 10.1. The lowest BCUT2D eigenvalue weighted by Crippen LogP contribution is -2.35. The highest BCUT2D eigenvalue weighted by Crippen LogP contribution is 2.21. The standard InChI is InChI=1S/C19H23N3O3/c1-13-17(25-14(2)21-13)19(24)22-11-9-16(12-22)18(23)20-10-8-15-6-4-3-5-7-15/h3-7,16H,8-12H2,1-2H3,(H,20,23). The second kappa shape index (κ2) is 7.51. The summed E-state index contributed by atoms with van der Waals surface area (Å²) < 4.78 is 5.40. The Bertz CT molecular complexity index is 755. The number of carbonyl (C=O) groups excluding carboxylic acids is 2. The van der Waals surface area contributed by atoms with Gasteiger partial charge in [0.1, 0.15) is 0 Å². The van der Waals surface area contributed by atoms with Crippen LogP contribution in [0, 0.1) is 19.8 Å². The minimum atomic E-state index is -0.183. The second-order valence-corrected chi connectivity index (χ2v) is 6.41. The molecule has 6 heteroatoms. The Morgan fingerprint density at radius 1 is 1.28 bits per heavy atom. The van der Waals surface area contributed by atoms with Crippen LogP contribution < -0.4 is 5.32 Å². The summed E-state index contributed by atoms with van der Waals surface area (Å²) in [5.74, 6) is 0.427. The summed E-state index contributed by atoms with van der Waals surface area (Å²) in [7, 11) is 0. The van der Waals surface area contributed by atoms with Crippen molar-refractivity contribution in [2.45, 2.75) is 26.7 Å². The fourth-order valence-electron chi connectivity index (χ4n) is 3.15. The van der Waals surface area contributed by atoms with Gasteiger partial charge in [-0.25, -0.2) is 4.98 Å². The van der Waals surface area contributed by atoms with E-state index in [1.54, 1.807) is 18.7 Å². The van der Waals surface area contributed by atoms with E-state index in [2.05, 4.69) is 10.3 Å². The van der Waals surface area contributed by atoms with Crippen LogP contribution in [-0.4, -0.2) is 41.3 Å². The molecule has 0 spiro atoms. The molecule has 1 aliphatic rings. The van der Waals surface area contributed by atoms with Crippen LogP contribution >= 0.6 is 0 Å². The van der Waals surface area contributed by atoms with Gasteiger partial charge in [-0.2, -0.15) is 0 Å². The first-order valence-corrected chi connectivity index (χ1v) is 8.59. The molecule has 1 N–H and O–H groups in total. The van der Waals surface area contributed by atoms with E-state index in [0.717, 1.165) is 6.42 Å². The van der Waals surface area contributed by atoms with Gasteiger partial charge in [0.2, 0.25) is 11.7 Å². The van der Waals surface area contributed by atoms with Gasteiger partial charge < -0.3 is 14.6 Å². The van der Waals surface area contributed by atoms with Crippen LogP contribution in [-0.2, 0) is 11.2 Å². The number of oxazole rings is 1. The number of nitrogens with zero attached hydrogens (tertiary/aromatic N) is 2. The molecule has 1 unspecified atom stereocenters. The maximum absolute atomic E-state index is 12.5. The van der Waals surface area contributed by atoms with Crippen LogP contribution in [0.25, 0.3) is 0 Å². The Kier molecular flexibility index (Phi) is 5.16. The number of benzene rings is 1. The van der Waals surface area contributed by atoms with Gasteiger partial charge in [-0.1, -0.05) is 30.3 Å². The zero-order chi connectivity index (χ0) is 17.8. The van der Waals surface area contributed by atoms with Crippen molar-refractivity contribution in [3.63, 3.8) is 0 Å². The fourth-order valence-corrected chi connectivity index (χ4v) is 3.15. The quantitative estimate of drug-likeness (QED) is 0.904. The summed E-state index contributed by atoms with van der Waals surface area (Å²) in [4.78, 5) is 30.6. The van der Waals surface area contributed by atoms with Crippen LogP contribution in [0.4, 0.5) is 0 Å². The molecule has 0 radical (unpaired) electrons. The molecule has 2 heterocycles. The van der Waals surface area contributed by atoms with Crippen LogP contribution in [0.3, 0.4) is 0 Å². The van der Waals surface area contributed by atoms with Gasteiger partial charge in [-0.3, -0.25) is 9.59 Å². The maximum Gasteiger partial charge on any atom is 0.291 e. The summed E-state index contributed by atoms with van der Waals surface area (Å²) in [6, 6.07) is 10.0. The van der Waals surface area contributed by atoms with Crippen molar-refractivity contribution in [2.75, 3.05) is 19.6 Å². The third-order valence-corrected chi connectivity index (χ3v) is 4.50. The number of aromatic nitrogens is 1. The third kappa shape index (κ3) is 4.07. The summed E-state index contributed by atoms with van der Waals surface area (Å²) in [6.07, 6.45) is 1.48. The van der Waals surface area contributed by atoms with Crippen LogP contribution in [0.2, 0.25) is 0 Å². The van der Waals surface area contributed by atoms with Crippen LogP contribution in [0.15, 0.2) is 34.7 Å². The van der Waals surface area contributed by atoms with Gasteiger partial charge in [-0.05, 0) is 25.3 Å². The molecule has 132 valence electrons. The summed E-state index contributed by atoms with van der Waals surface area (Å²) in [5.41, 5.74) is 1.79. The Balaban J connectivity index is 1.49. The van der Waals surface area contributed by atoms with E-state index >= 15 is 0 Å². The first kappa shape index (κ1) is 17.2. The van der Waals surface area contributed by atoms with Gasteiger partial charge in [0.15, 0.2) is 5.89 Å². The molecule has 25 heavy (non-hydrogen) atoms. The number of likely N-dealkylation sites (tertiary alicyclic amines) is 1. The second-order valence-electron chi connectivity index (χ2n) is 6.41. The summed E-state index contributed by atoms with van der Waals surface area (Å²) >= 11 is 0. The molecule has 3 rings (SSSR count). The third-order valence-electron chi connectivity index (χ3n) is 4.50. The van der Waals surface area contributed by atoms with Gasteiger partial charge in [-0.15, -0.1) is 0 Å². The Morgan fingerprint density at radius 3 is 2.72 bits per heavy atom. The molecule has 1 atom stereocenters. The van der Waals surface area contributed by atoms with Crippen molar-refractivity contribution in [3.8, 4) is 0 Å². The average molecular weight is 341 g/mol. The van der Waals surface area contributed by atoms with E-state index in [9.17, 15) is 9.59 Å². The first-order chi connectivity index (χ1) is 12.0. The molecule has 2 aromatic rings. The molecular formula is C19H23N3O3. The Hall–Kier alpha value is -2.63. The Morgan fingerprint density at radius 2 is 2.04 bits per heavy atom. The number of amides is 2. The summed E-state index contributed by atoms with van der Waals surface area (Å²) in [5, 5.41) is 2.98. The van der Waals surface area contributed by atoms with E-state index in [4.69, 9.17) is 4.42 Å². The zero-order valence-electron chi connectivity index (χ0n) is 14.6. The van der Waals surface area contributed by atoms with E-state index in [1.807, 2.05) is 30.3 Å². The van der Waals surface area contributed by atoms with Gasteiger partial charge in [0.05, 0.1) is 11.6 Å². The number of aryl methyl sites for hydroxylation is 2. The van der Waals surface area contributed by atoms with E-state index in [1.165, 1.54) is 5.56 Å². The largest absolute Gasteiger partial charge is 0.436 e. The van der Waals surface area contributed by atoms with Gasteiger partial charge in [0.25, 0.3) is 5.91 Å². The highest BCUT2D eigenvalue weighted by molar-refractivity contribution is 5.93. The van der Waals surface area contributed by atoms with E-state index in [-0.39, 0.29) is 23.5 Å². The highest BCUT2D eigenvalue weighted by Gasteiger charge is 2.33. The molecule has 1 fully saturated rings. The molecule has 6 nitrogen and oxygen atoms in total. The number of hydrogen-bond donors (Lipinski definition) is 1. The maximum atomic E-state index is 12.5. The monoisotopic (exact) mass is 341 g/mol. The van der Waals surface area contributed by atoms with E-state index in [0.29, 0.717) is 37.6 Å². The van der Waals surface area contributed by atoms with Crippen molar-refractivity contribution in [3.05, 3.63) is 53.2 Å². The smallest absolute Gasteiger partial charge is 0.291 e. The Labute approximate surface area is 147 Å². The normalized spacial score (nSPS) is 16.9. The molecule has 1 saturated heterocycles. The number of hydrogen-bond acceptors (Lipinski definition) is 4. The number of carbonyl (C=O) groups is 2. The molecule has 2 amide bonds. The average Bonchev–Trinajstić information content (AvgIpc) is 3.22. The van der Waals surface area contributed by atoms with Crippen molar-refractivity contribution < 1.29 is 14.0 Å². The summed E-state index contributed by atoms with van der Waals surface area (Å²) in [6.45, 7) is 5.07.